The smallest absolute Gasteiger partial charge is 0.185 e. The largest absolute Gasteiger partial charge is 0.494 e. The van der Waals surface area contributed by atoms with Gasteiger partial charge in [-0.25, -0.2) is 0 Å². The highest BCUT2D eigenvalue weighted by Gasteiger charge is 2.13. The van der Waals surface area contributed by atoms with Crippen molar-refractivity contribution in [2.75, 3.05) is 23.9 Å². The molecular formula is C46H74O2S3. The van der Waals surface area contributed by atoms with E-state index in [0.717, 1.165) is 41.6 Å². The number of ether oxygens (including phenoxy) is 1. The van der Waals surface area contributed by atoms with E-state index in [2.05, 4.69) is 39.8 Å². The molecule has 5 heteroatoms. The monoisotopic (exact) mass is 754 g/mol. The third kappa shape index (κ3) is 22.5. The fraction of sp³-hybridized carbons (Fsp3) is 0.674. The number of allylic oxidation sites excluding steroid dienone is 1. The summed E-state index contributed by atoms with van der Waals surface area (Å²) >= 11 is 5.98. The maximum Gasteiger partial charge on any atom is 0.185 e. The molecule has 0 aliphatic heterocycles. The quantitative estimate of drug-likeness (QED) is 0.0307. The third-order valence-corrected chi connectivity index (χ3v) is 13.1. The van der Waals surface area contributed by atoms with Gasteiger partial charge in [0.25, 0.3) is 0 Å². The number of thioether (sulfide) groups is 3. The molecule has 0 amide bonds. The highest BCUT2D eigenvalue weighted by atomic mass is 32.2. The number of carbonyl (C=O) groups excluding carboxylic acids is 1. The van der Waals surface area contributed by atoms with E-state index in [1.807, 2.05) is 65.6 Å². The van der Waals surface area contributed by atoms with Crippen LogP contribution >= 0.6 is 35.3 Å². The minimum absolute atomic E-state index is 0.0384. The van der Waals surface area contributed by atoms with Gasteiger partial charge in [-0.15, -0.1) is 35.3 Å². The zero-order valence-electron chi connectivity index (χ0n) is 33.3. The van der Waals surface area contributed by atoms with E-state index in [4.69, 9.17) is 4.74 Å². The highest BCUT2D eigenvalue weighted by molar-refractivity contribution is 8.03. The number of unbranched alkanes of at least 4 members (excludes halogenated alkanes) is 19. The van der Waals surface area contributed by atoms with Gasteiger partial charge in [0.05, 0.1) is 6.61 Å². The van der Waals surface area contributed by atoms with Gasteiger partial charge in [-0.05, 0) is 91.0 Å². The summed E-state index contributed by atoms with van der Waals surface area (Å²) in [7, 11) is 0. The molecule has 0 unspecified atom stereocenters. The average molecular weight is 755 g/mol. The third-order valence-electron chi connectivity index (χ3n) is 9.38. The van der Waals surface area contributed by atoms with Crippen LogP contribution in [0.2, 0.25) is 0 Å². The van der Waals surface area contributed by atoms with Crippen LogP contribution in [0.1, 0.15) is 191 Å². The maximum absolute atomic E-state index is 13.2. The van der Waals surface area contributed by atoms with Crippen molar-refractivity contribution in [1.82, 2.24) is 0 Å². The summed E-state index contributed by atoms with van der Waals surface area (Å²) in [4.78, 5) is 17.3. The van der Waals surface area contributed by atoms with Crippen LogP contribution in [0.3, 0.4) is 0 Å². The Balaban J connectivity index is 1.72. The first-order valence-corrected chi connectivity index (χ1v) is 24.1. The molecule has 288 valence electrons. The van der Waals surface area contributed by atoms with Crippen molar-refractivity contribution in [2.45, 2.75) is 190 Å². The maximum atomic E-state index is 13.2. The molecule has 0 radical (unpaired) electrons. The van der Waals surface area contributed by atoms with Crippen molar-refractivity contribution in [1.29, 1.82) is 0 Å². The number of hydrogen-bond donors (Lipinski definition) is 0. The summed E-state index contributed by atoms with van der Waals surface area (Å²) in [6.45, 7) is 9.82. The molecule has 0 saturated carbocycles. The average Bonchev–Trinajstić information content (AvgIpc) is 3.14. The van der Waals surface area contributed by atoms with Crippen molar-refractivity contribution in [2.24, 2.45) is 0 Å². The van der Waals surface area contributed by atoms with Crippen LogP contribution in [-0.2, 0) is 0 Å². The summed E-state index contributed by atoms with van der Waals surface area (Å²) in [5.41, 5.74) is 1.83. The van der Waals surface area contributed by atoms with Crippen molar-refractivity contribution in [3.63, 3.8) is 0 Å². The summed E-state index contributed by atoms with van der Waals surface area (Å²) in [5.74, 6) is 4.32. The molecule has 0 aliphatic rings. The molecule has 0 spiro atoms. The molecule has 2 rings (SSSR count). The van der Waals surface area contributed by atoms with Crippen LogP contribution in [0.4, 0.5) is 0 Å². The van der Waals surface area contributed by atoms with Crippen molar-refractivity contribution in [3.8, 4) is 5.75 Å². The lowest BCUT2D eigenvalue weighted by Gasteiger charge is -2.16. The first-order valence-electron chi connectivity index (χ1n) is 21.1. The Labute approximate surface area is 328 Å². The van der Waals surface area contributed by atoms with Gasteiger partial charge in [-0.2, -0.15) is 0 Å². The summed E-state index contributed by atoms with van der Waals surface area (Å²) in [6.07, 6.45) is 34.5. The molecule has 2 aromatic rings. The SMILES string of the molecule is CCCCCCCCCCCCCCCCCCCOc1ccc(C(=O)C=Cc2cc(SCCCC)c(SCCCC)c(SCCCC)c2)cc1. The fourth-order valence-corrected chi connectivity index (χ4v) is 10.1. The molecule has 0 aliphatic carbocycles. The first-order chi connectivity index (χ1) is 25.1. The molecule has 0 saturated heterocycles. The van der Waals surface area contributed by atoms with Crippen LogP contribution in [0, 0.1) is 0 Å². The van der Waals surface area contributed by atoms with E-state index >= 15 is 0 Å². The van der Waals surface area contributed by atoms with E-state index in [1.165, 1.54) is 156 Å². The highest BCUT2D eigenvalue weighted by Crippen LogP contribution is 2.41. The van der Waals surface area contributed by atoms with Crippen molar-refractivity contribution >= 4 is 47.1 Å². The van der Waals surface area contributed by atoms with Gasteiger partial charge in [0, 0.05) is 20.2 Å². The Bertz CT molecular complexity index is 1130. The van der Waals surface area contributed by atoms with Gasteiger partial charge in [0.15, 0.2) is 5.78 Å². The van der Waals surface area contributed by atoms with Gasteiger partial charge in [-0.1, -0.05) is 156 Å². The van der Waals surface area contributed by atoms with Crippen LogP contribution in [-0.4, -0.2) is 29.6 Å². The second-order valence-corrected chi connectivity index (χ2v) is 17.6. The van der Waals surface area contributed by atoms with Crippen molar-refractivity contribution < 1.29 is 9.53 Å². The van der Waals surface area contributed by atoms with Crippen LogP contribution in [0.25, 0.3) is 6.08 Å². The molecule has 2 nitrogen and oxygen atoms in total. The van der Waals surface area contributed by atoms with E-state index in [0.29, 0.717) is 5.56 Å². The van der Waals surface area contributed by atoms with Gasteiger partial charge >= 0.3 is 0 Å². The zero-order chi connectivity index (χ0) is 36.6. The minimum Gasteiger partial charge on any atom is -0.494 e. The lowest BCUT2D eigenvalue weighted by atomic mass is 10.0. The van der Waals surface area contributed by atoms with E-state index in [1.54, 1.807) is 6.08 Å². The van der Waals surface area contributed by atoms with Gasteiger partial charge in [0.1, 0.15) is 5.75 Å². The second kappa shape index (κ2) is 32.2. The zero-order valence-corrected chi connectivity index (χ0v) is 35.7. The Kier molecular flexibility index (Phi) is 28.9. The molecule has 0 N–H and O–H groups in total. The predicted molar refractivity (Wildman–Crippen MR) is 233 cm³/mol. The molecule has 0 aromatic heterocycles. The normalized spacial score (nSPS) is 11.5. The molecule has 0 bridgehead atoms. The van der Waals surface area contributed by atoms with Gasteiger partial charge in [-0.3, -0.25) is 4.79 Å². The molecule has 0 atom stereocenters. The molecule has 0 fully saturated rings. The van der Waals surface area contributed by atoms with Gasteiger partial charge in [0.2, 0.25) is 0 Å². The van der Waals surface area contributed by atoms with E-state index in [-0.39, 0.29) is 5.78 Å². The Morgan fingerprint density at radius 3 is 1.39 bits per heavy atom. The lowest BCUT2D eigenvalue weighted by molar-refractivity contribution is 0.104. The van der Waals surface area contributed by atoms with Crippen LogP contribution in [0.5, 0.6) is 5.75 Å². The predicted octanol–water partition coefficient (Wildman–Crippen LogP) is 16.3. The topological polar surface area (TPSA) is 26.3 Å². The van der Waals surface area contributed by atoms with Crippen LogP contribution in [0.15, 0.2) is 57.2 Å². The van der Waals surface area contributed by atoms with E-state index < -0.39 is 0 Å². The minimum atomic E-state index is 0.0384. The Morgan fingerprint density at radius 1 is 0.529 bits per heavy atom. The standard InChI is InChI=1S/C46H74O2S3/c1-5-9-13-14-15-16-17-18-19-20-21-22-23-24-25-26-27-34-48-42-31-29-41(30-32-42)43(47)33-28-40-38-44(49-35-10-6-2)46(51-37-12-8-4)45(39-40)50-36-11-7-3/h28-33,38-39H,5-27,34-37H2,1-4H3. The molecular weight excluding hydrogens is 681 g/mol. The van der Waals surface area contributed by atoms with Crippen LogP contribution < -0.4 is 4.74 Å². The number of hydrogen-bond acceptors (Lipinski definition) is 5. The first kappa shape index (κ1) is 45.9. The summed E-state index contributed by atoms with van der Waals surface area (Å²) < 4.78 is 6.01. The molecule has 2 aromatic carbocycles. The summed E-state index contributed by atoms with van der Waals surface area (Å²) in [6, 6.07) is 12.3. The van der Waals surface area contributed by atoms with Gasteiger partial charge < -0.3 is 4.74 Å². The number of ketones is 1. The van der Waals surface area contributed by atoms with E-state index in [9.17, 15) is 4.79 Å². The number of benzene rings is 2. The fourth-order valence-electron chi connectivity index (χ4n) is 6.02. The number of carbonyl (C=O) groups is 1. The molecule has 51 heavy (non-hydrogen) atoms. The number of rotatable bonds is 34. The molecule has 0 heterocycles. The second-order valence-electron chi connectivity index (χ2n) is 14.2. The summed E-state index contributed by atoms with van der Waals surface area (Å²) in [5, 5.41) is 0. The Morgan fingerprint density at radius 2 is 0.941 bits per heavy atom. The van der Waals surface area contributed by atoms with Crippen molar-refractivity contribution in [3.05, 3.63) is 53.6 Å². The Hall–Kier alpha value is -1.30. The lowest BCUT2D eigenvalue weighted by Crippen LogP contribution is -1.99.